The van der Waals surface area contributed by atoms with Crippen molar-refractivity contribution in [2.45, 2.75) is 39.0 Å². The number of halogens is 1. The summed E-state index contributed by atoms with van der Waals surface area (Å²) in [6.07, 6.45) is 0.558. The van der Waals surface area contributed by atoms with Crippen LogP contribution in [0, 0.1) is 0 Å². The third-order valence-corrected chi connectivity index (χ3v) is 7.17. The molecule has 0 fully saturated rings. The Bertz CT molecular complexity index is 1550. The van der Waals surface area contributed by atoms with Crippen molar-refractivity contribution in [3.8, 4) is 5.75 Å². The highest BCUT2D eigenvalue weighted by molar-refractivity contribution is 6.30. The number of hydrogen-bond donors (Lipinski definition) is 1. The smallest absolute Gasteiger partial charge is 0.284 e. The first-order valence-corrected chi connectivity index (χ1v) is 13.2. The number of rotatable bonds is 7. The third kappa shape index (κ3) is 5.44. The van der Waals surface area contributed by atoms with Gasteiger partial charge >= 0.3 is 0 Å². The van der Waals surface area contributed by atoms with Crippen LogP contribution in [0.2, 0.25) is 5.02 Å². The molecule has 2 N–H and O–H groups in total. The number of carbonyl (C=O) groups excluding carboxylic acids is 3. The molecule has 1 aliphatic heterocycles. The lowest BCUT2D eigenvalue weighted by atomic mass is 9.89. The van der Waals surface area contributed by atoms with E-state index in [2.05, 4.69) is 0 Å². The number of furan rings is 1. The average Bonchev–Trinajstić information content (AvgIpc) is 3.43. The second-order valence-corrected chi connectivity index (χ2v) is 10.1. The molecule has 3 aromatic carbocycles. The SMILES string of the molecule is CC(=O)N(c1ccc(Cl)cc1)[C@@H]1C[C@H](C)N(C(=O)c2ccc(OCc3ccc(C(N)=O)o3)cc2)c2ccccc21. The Labute approximate surface area is 236 Å². The summed E-state index contributed by atoms with van der Waals surface area (Å²) in [6, 6.07) is 24.4. The van der Waals surface area contributed by atoms with Crippen molar-refractivity contribution in [1.82, 2.24) is 0 Å². The maximum atomic E-state index is 13.8. The maximum absolute atomic E-state index is 13.8. The van der Waals surface area contributed by atoms with Crippen LogP contribution in [0.1, 0.15) is 58.5 Å². The van der Waals surface area contributed by atoms with Crippen LogP contribution in [0.15, 0.2) is 89.3 Å². The zero-order chi connectivity index (χ0) is 28.4. The van der Waals surface area contributed by atoms with Crippen molar-refractivity contribution in [2.75, 3.05) is 9.80 Å². The van der Waals surface area contributed by atoms with Crippen LogP contribution in [0.4, 0.5) is 11.4 Å². The average molecular weight is 558 g/mol. The van der Waals surface area contributed by atoms with Crippen molar-refractivity contribution in [3.63, 3.8) is 0 Å². The van der Waals surface area contributed by atoms with Gasteiger partial charge in [0.1, 0.15) is 18.1 Å². The minimum absolute atomic E-state index is 0.0669. The van der Waals surface area contributed by atoms with Crippen molar-refractivity contribution in [1.29, 1.82) is 0 Å². The van der Waals surface area contributed by atoms with Gasteiger partial charge in [0, 0.05) is 34.9 Å². The molecule has 0 bridgehead atoms. The van der Waals surface area contributed by atoms with Crippen LogP contribution in [0.3, 0.4) is 0 Å². The number of anilines is 2. The molecule has 0 aliphatic carbocycles. The maximum Gasteiger partial charge on any atom is 0.284 e. The Morgan fingerprint density at radius 2 is 1.70 bits per heavy atom. The lowest BCUT2D eigenvalue weighted by molar-refractivity contribution is -0.117. The van der Waals surface area contributed by atoms with Crippen molar-refractivity contribution < 1.29 is 23.5 Å². The van der Waals surface area contributed by atoms with Crippen LogP contribution in [0.5, 0.6) is 5.75 Å². The van der Waals surface area contributed by atoms with E-state index in [-0.39, 0.29) is 36.3 Å². The Morgan fingerprint density at radius 3 is 2.35 bits per heavy atom. The number of nitrogens with zero attached hydrogens (tertiary/aromatic N) is 2. The van der Waals surface area contributed by atoms with E-state index in [0.717, 1.165) is 16.9 Å². The van der Waals surface area contributed by atoms with Crippen LogP contribution in [0.25, 0.3) is 0 Å². The van der Waals surface area contributed by atoms with E-state index in [1.165, 1.54) is 6.07 Å². The van der Waals surface area contributed by atoms with E-state index in [4.69, 9.17) is 26.5 Å². The Balaban J connectivity index is 1.37. The molecule has 0 saturated heterocycles. The summed E-state index contributed by atoms with van der Waals surface area (Å²) in [5.41, 5.74) is 8.13. The number of hydrogen-bond acceptors (Lipinski definition) is 5. The lowest BCUT2D eigenvalue weighted by Crippen LogP contribution is -2.47. The normalized spacial score (nSPS) is 16.2. The molecule has 4 aromatic rings. The quantitative estimate of drug-likeness (QED) is 0.293. The predicted molar refractivity (Wildman–Crippen MR) is 153 cm³/mol. The molecule has 1 aromatic heterocycles. The number of primary amides is 1. The fraction of sp³-hybridized carbons (Fsp3) is 0.194. The highest BCUT2D eigenvalue weighted by atomic mass is 35.5. The van der Waals surface area contributed by atoms with Gasteiger partial charge in [0.05, 0.1) is 6.04 Å². The van der Waals surface area contributed by atoms with Crippen molar-refractivity contribution >= 4 is 40.7 Å². The van der Waals surface area contributed by atoms with E-state index < -0.39 is 5.91 Å². The van der Waals surface area contributed by atoms with E-state index in [1.807, 2.05) is 43.3 Å². The Hall–Kier alpha value is -4.56. The standard InChI is InChI=1S/C31H28ClN3O5/c1-19-17-28(35(20(2)36)23-11-9-22(32)10-12-23)26-5-3-4-6-27(26)34(19)31(38)21-7-13-24(14-8-21)39-18-25-15-16-29(40-25)30(33)37/h3-16,19,28H,17-18H2,1-2H3,(H2,33,37)/t19-,28+/m0/s1. The van der Waals surface area contributed by atoms with E-state index >= 15 is 0 Å². The third-order valence-electron chi connectivity index (χ3n) is 6.92. The number of ether oxygens (including phenoxy) is 1. The molecular weight excluding hydrogens is 530 g/mol. The van der Waals surface area contributed by atoms with Gasteiger partial charge in [0.15, 0.2) is 5.76 Å². The van der Waals surface area contributed by atoms with Gasteiger partial charge in [-0.1, -0.05) is 29.8 Å². The minimum Gasteiger partial charge on any atom is -0.486 e. The summed E-state index contributed by atoms with van der Waals surface area (Å²) in [7, 11) is 0. The zero-order valence-corrected chi connectivity index (χ0v) is 22.8. The van der Waals surface area contributed by atoms with Crippen molar-refractivity contribution in [2.24, 2.45) is 5.73 Å². The molecule has 0 unspecified atom stereocenters. The first-order chi connectivity index (χ1) is 19.2. The summed E-state index contributed by atoms with van der Waals surface area (Å²) in [5.74, 6) is 0.180. The molecule has 5 rings (SSSR count). The molecule has 0 saturated carbocycles. The van der Waals surface area contributed by atoms with Gasteiger partial charge in [-0.2, -0.15) is 0 Å². The molecule has 0 spiro atoms. The molecule has 1 aliphatic rings. The topological polar surface area (TPSA) is 106 Å². The zero-order valence-electron chi connectivity index (χ0n) is 22.0. The van der Waals surface area contributed by atoms with Crippen LogP contribution >= 0.6 is 11.6 Å². The number of amides is 3. The van der Waals surface area contributed by atoms with Crippen LogP contribution in [-0.4, -0.2) is 23.8 Å². The molecule has 3 amide bonds. The second kappa shape index (κ2) is 11.3. The molecule has 9 heteroatoms. The van der Waals surface area contributed by atoms with Gasteiger partial charge in [0.2, 0.25) is 5.91 Å². The Morgan fingerprint density at radius 1 is 1.00 bits per heavy atom. The molecular formula is C31H28ClN3O5. The Kier molecular flexibility index (Phi) is 7.62. The molecule has 204 valence electrons. The lowest BCUT2D eigenvalue weighted by Gasteiger charge is -2.43. The van der Waals surface area contributed by atoms with Crippen LogP contribution in [-0.2, 0) is 11.4 Å². The molecule has 2 atom stereocenters. The molecule has 2 heterocycles. The van der Waals surface area contributed by atoms with Gasteiger partial charge in [-0.05, 0) is 85.6 Å². The summed E-state index contributed by atoms with van der Waals surface area (Å²) in [5, 5.41) is 0.594. The molecule has 8 nitrogen and oxygen atoms in total. The summed E-state index contributed by atoms with van der Waals surface area (Å²) < 4.78 is 11.1. The first kappa shape index (κ1) is 27.0. The van der Waals surface area contributed by atoms with Gasteiger partial charge in [-0.3, -0.25) is 14.4 Å². The number of benzene rings is 3. The number of nitrogens with two attached hydrogens (primary N) is 1. The largest absolute Gasteiger partial charge is 0.486 e. The monoisotopic (exact) mass is 557 g/mol. The highest BCUT2D eigenvalue weighted by Gasteiger charge is 2.38. The van der Waals surface area contributed by atoms with E-state index in [9.17, 15) is 14.4 Å². The number of carbonyl (C=O) groups is 3. The minimum atomic E-state index is -0.645. The fourth-order valence-corrected chi connectivity index (χ4v) is 5.22. The van der Waals surface area contributed by atoms with Gasteiger partial charge in [-0.15, -0.1) is 0 Å². The summed E-state index contributed by atoms with van der Waals surface area (Å²) in [6.45, 7) is 3.65. The molecule has 0 radical (unpaired) electrons. The fourth-order valence-electron chi connectivity index (χ4n) is 5.09. The predicted octanol–water partition coefficient (Wildman–Crippen LogP) is 6.14. The first-order valence-electron chi connectivity index (χ1n) is 12.8. The van der Waals surface area contributed by atoms with Gasteiger partial charge in [-0.25, -0.2) is 0 Å². The van der Waals surface area contributed by atoms with Crippen molar-refractivity contribution in [3.05, 3.63) is 113 Å². The van der Waals surface area contributed by atoms with E-state index in [1.54, 1.807) is 59.2 Å². The number of fused-ring (bicyclic) bond motifs is 1. The highest BCUT2D eigenvalue weighted by Crippen LogP contribution is 2.43. The summed E-state index contributed by atoms with van der Waals surface area (Å²) in [4.78, 5) is 41.4. The number of para-hydroxylation sites is 1. The van der Waals surface area contributed by atoms with Gasteiger partial charge in [0.25, 0.3) is 11.8 Å². The van der Waals surface area contributed by atoms with Gasteiger partial charge < -0.3 is 24.7 Å². The van der Waals surface area contributed by atoms with E-state index in [0.29, 0.717) is 28.5 Å². The second-order valence-electron chi connectivity index (χ2n) is 9.64. The van der Waals surface area contributed by atoms with Crippen LogP contribution < -0.4 is 20.3 Å². The summed E-state index contributed by atoms with van der Waals surface area (Å²) >= 11 is 6.09. The molecule has 40 heavy (non-hydrogen) atoms.